The van der Waals surface area contributed by atoms with Gasteiger partial charge in [0, 0.05) is 11.3 Å². The summed E-state index contributed by atoms with van der Waals surface area (Å²) in [6, 6.07) is 0. The molecule has 1 aliphatic rings. The standard InChI is InChI=1S/C13H26O2/c1-5-7-11(3)12-14-9-13(4,8-6-2)10-15-12/h11-12H,5-10H2,1-4H3/t11-,12?,13?/m1/s1. The topological polar surface area (TPSA) is 18.5 Å². The van der Waals surface area contributed by atoms with E-state index in [0.717, 1.165) is 13.2 Å². The Kier molecular flexibility index (Phi) is 5.07. The van der Waals surface area contributed by atoms with Crippen LogP contribution in [0.25, 0.3) is 0 Å². The zero-order chi connectivity index (χ0) is 11.3. The van der Waals surface area contributed by atoms with E-state index >= 15 is 0 Å². The van der Waals surface area contributed by atoms with Gasteiger partial charge in [0.1, 0.15) is 0 Å². The highest BCUT2D eigenvalue weighted by molar-refractivity contribution is 4.77. The quantitative estimate of drug-likeness (QED) is 0.696. The summed E-state index contributed by atoms with van der Waals surface area (Å²) in [6.07, 6.45) is 4.83. The Morgan fingerprint density at radius 1 is 1.20 bits per heavy atom. The number of hydrogen-bond acceptors (Lipinski definition) is 2. The highest BCUT2D eigenvalue weighted by atomic mass is 16.7. The van der Waals surface area contributed by atoms with Gasteiger partial charge in [-0.2, -0.15) is 0 Å². The Labute approximate surface area is 94.3 Å². The summed E-state index contributed by atoms with van der Waals surface area (Å²) in [7, 11) is 0. The lowest BCUT2D eigenvalue weighted by Crippen LogP contribution is -2.42. The fourth-order valence-corrected chi connectivity index (χ4v) is 2.32. The molecule has 15 heavy (non-hydrogen) atoms. The van der Waals surface area contributed by atoms with Crippen molar-refractivity contribution in [3.8, 4) is 0 Å². The first-order valence-corrected chi connectivity index (χ1v) is 6.34. The molecule has 0 amide bonds. The van der Waals surface area contributed by atoms with E-state index in [4.69, 9.17) is 9.47 Å². The summed E-state index contributed by atoms with van der Waals surface area (Å²) in [5, 5.41) is 0. The maximum Gasteiger partial charge on any atom is 0.160 e. The summed E-state index contributed by atoms with van der Waals surface area (Å²) < 4.78 is 11.7. The van der Waals surface area contributed by atoms with Gasteiger partial charge in [0.05, 0.1) is 13.2 Å². The monoisotopic (exact) mass is 214 g/mol. The van der Waals surface area contributed by atoms with Gasteiger partial charge in [0.25, 0.3) is 0 Å². The van der Waals surface area contributed by atoms with Gasteiger partial charge in [-0.05, 0) is 12.8 Å². The van der Waals surface area contributed by atoms with E-state index in [1.807, 2.05) is 0 Å². The largest absolute Gasteiger partial charge is 0.352 e. The van der Waals surface area contributed by atoms with Gasteiger partial charge in [0.2, 0.25) is 0 Å². The van der Waals surface area contributed by atoms with Gasteiger partial charge in [-0.15, -0.1) is 0 Å². The van der Waals surface area contributed by atoms with E-state index < -0.39 is 0 Å². The molecule has 1 aliphatic heterocycles. The zero-order valence-corrected chi connectivity index (χ0v) is 10.7. The first-order valence-electron chi connectivity index (χ1n) is 6.34. The lowest BCUT2D eigenvalue weighted by Gasteiger charge is -2.39. The molecule has 0 aromatic rings. The summed E-state index contributed by atoms with van der Waals surface area (Å²) in [6.45, 7) is 10.6. The SMILES string of the molecule is CCC[C@@H](C)C1OCC(C)(CCC)CO1. The van der Waals surface area contributed by atoms with Gasteiger partial charge >= 0.3 is 0 Å². The predicted octanol–water partition coefficient (Wildman–Crippen LogP) is 3.60. The van der Waals surface area contributed by atoms with Crippen LogP contribution in [0, 0.1) is 11.3 Å². The first kappa shape index (κ1) is 13.0. The molecule has 0 N–H and O–H groups in total. The Hall–Kier alpha value is -0.0800. The van der Waals surface area contributed by atoms with Crippen LogP contribution in [0.5, 0.6) is 0 Å². The van der Waals surface area contributed by atoms with Crippen LogP contribution in [0.3, 0.4) is 0 Å². The molecule has 0 spiro atoms. The molecule has 0 bridgehead atoms. The smallest absolute Gasteiger partial charge is 0.160 e. The minimum atomic E-state index is 0.0369. The first-order chi connectivity index (χ1) is 7.11. The average molecular weight is 214 g/mol. The van der Waals surface area contributed by atoms with Crippen molar-refractivity contribution in [2.75, 3.05) is 13.2 Å². The van der Waals surface area contributed by atoms with Crippen LogP contribution in [-0.2, 0) is 9.47 Å². The molecule has 90 valence electrons. The van der Waals surface area contributed by atoms with E-state index in [9.17, 15) is 0 Å². The normalized spacial score (nSPS) is 34.0. The molecular weight excluding hydrogens is 188 g/mol. The third-order valence-corrected chi connectivity index (χ3v) is 3.25. The molecule has 0 unspecified atom stereocenters. The highest BCUT2D eigenvalue weighted by Gasteiger charge is 2.33. The van der Waals surface area contributed by atoms with Gasteiger partial charge in [-0.3, -0.25) is 0 Å². The summed E-state index contributed by atoms with van der Waals surface area (Å²) in [5.74, 6) is 0.529. The molecule has 1 rings (SSSR count). The molecule has 1 saturated heterocycles. The van der Waals surface area contributed by atoms with Crippen molar-refractivity contribution < 1.29 is 9.47 Å². The fourth-order valence-electron chi connectivity index (χ4n) is 2.32. The van der Waals surface area contributed by atoms with Crippen molar-refractivity contribution >= 4 is 0 Å². The van der Waals surface area contributed by atoms with Crippen molar-refractivity contribution in [3.63, 3.8) is 0 Å². The Morgan fingerprint density at radius 2 is 1.80 bits per heavy atom. The van der Waals surface area contributed by atoms with Crippen LogP contribution >= 0.6 is 0 Å². The molecule has 1 fully saturated rings. The molecule has 1 heterocycles. The van der Waals surface area contributed by atoms with Gasteiger partial charge < -0.3 is 9.47 Å². The van der Waals surface area contributed by atoms with E-state index in [-0.39, 0.29) is 11.7 Å². The van der Waals surface area contributed by atoms with E-state index in [1.54, 1.807) is 0 Å². The third-order valence-electron chi connectivity index (χ3n) is 3.25. The Morgan fingerprint density at radius 3 is 2.27 bits per heavy atom. The van der Waals surface area contributed by atoms with Crippen LogP contribution in [0.4, 0.5) is 0 Å². The van der Waals surface area contributed by atoms with Crippen molar-refractivity contribution in [2.24, 2.45) is 11.3 Å². The molecule has 0 aromatic heterocycles. The summed E-state index contributed by atoms with van der Waals surface area (Å²) in [4.78, 5) is 0. The van der Waals surface area contributed by atoms with Crippen molar-refractivity contribution in [1.82, 2.24) is 0 Å². The molecular formula is C13H26O2. The molecule has 0 aliphatic carbocycles. The maximum absolute atomic E-state index is 5.84. The lowest BCUT2D eigenvalue weighted by molar-refractivity contribution is -0.246. The van der Waals surface area contributed by atoms with Gasteiger partial charge in [0.15, 0.2) is 6.29 Å². The van der Waals surface area contributed by atoms with Crippen molar-refractivity contribution in [3.05, 3.63) is 0 Å². The number of ether oxygens (including phenoxy) is 2. The zero-order valence-electron chi connectivity index (χ0n) is 10.7. The Balaban J connectivity index is 2.34. The molecule has 2 heteroatoms. The molecule has 0 aromatic carbocycles. The molecule has 0 radical (unpaired) electrons. The summed E-state index contributed by atoms with van der Waals surface area (Å²) in [5.41, 5.74) is 0.247. The summed E-state index contributed by atoms with van der Waals surface area (Å²) >= 11 is 0. The van der Waals surface area contributed by atoms with Gasteiger partial charge in [-0.1, -0.05) is 40.5 Å². The highest BCUT2D eigenvalue weighted by Crippen LogP contribution is 2.31. The van der Waals surface area contributed by atoms with Crippen LogP contribution in [-0.4, -0.2) is 19.5 Å². The van der Waals surface area contributed by atoms with E-state index in [0.29, 0.717) is 5.92 Å². The second-order valence-corrected chi connectivity index (χ2v) is 5.32. The second kappa shape index (κ2) is 5.86. The molecule has 0 saturated carbocycles. The van der Waals surface area contributed by atoms with Crippen molar-refractivity contribution in [1.29, 1.82) is 0 Å². The van der Waals surface area contributed by atoms with Crippen LogP contribution in [0.2, 0.25) is 0 Å². The average Bonchev–Trinajstić information content (AvgIpc) is 2.19. The maximum atomic E-state index is 5.84. The van der Waals surface area contributed by atoms with Crippen molar-refractivity contribution in [2.45, 2.75) is 59.7 Å². The third kappa shape index (κ3) is 3.76. The van der Waals surface area contributed by atoms with E-state index in [2.05, 4.69) is 27.7 Å². The van der Waals surface area contributed by atoms with Crippen LogP contribution < -0.4 is 0 Å². The molecule has 1 atom stereocenters. The fraction of sp³-hybridized carbons (Fsp3) is 1.00. The van der Waals surface area contributed by atoms with Crippen LogP contribution in [0.15, 0.2) is 0 Å². The van der Waals surface area contributed by atoms with Crippen LogP contribution in [0.1, 0.15) is 53.4 Å². The minimum Gasteiger partial charge on any atom is -0.352 e. The minimum absolute atomic E-state index is 0.0369. The van der Waals surface area contributed by atoms with Gasteiger partial charge in [-0.25, -0.2) is 0 Å². The molecule has 2 nitrogen and oxygen atoms in total. The lowest BCUT2D eigenvalue weighted by atomic mass is 9.86. The number of rotatable bonds is 5. The Bertz CT molecular complexity index is 171. The van der Waals surface area contributed by atoms with E-state index in [1.165, 1.54) is 25.7 Å². The second-order valence-electron chi connectivity index (χ2n) is 5.32. The number of hydrogen-bond donors (Lipinski definition) is 0. The predicted molar refractivity (Wildman–Crippen MR) is 62.8 cm³/mol.